The molecule has 3 N–H and O–H groups in total. The first-order valence-corrected chi connectivity index (χ1v) is 10.2. The van der Waals surface area contributed by atoms with Gasteiger partial charge in [-0.3, -0.25) is 4.52 Å². The summed E-state index contributed by atoms with van der Waals surface area (Å²) >= 11 is 0. The van der Waals surface area contributed by atoms with E-state index in [1.807, 2.05) is 0 Å². The molecule has 0 aliphatic carbocycles. The Hall–Kier alpha value is -0.270. The van der Waals surface area contributed by atoms with E-state index in [1.165, 1.54) is 51.4 Å². The normalized spacial score (nSPS) is 11.3. The average Bonchev–Trinajstić information content (AvgIpc) is 2.55. The first-order chi connectivity index (χ1) is 11.3. The number of aliphatic hydroxyl groups excluding tert-OH is 1. The molecule has 0 aromatic rings. The molecule has 0 aromatic carbocycles. The minimum Gasteiger partial charge on any atom is -0.392 e. The first-order valence-electron chi connectivity index (χ1n) is 8.66. The van der Waals surface area contributed by atoms with E-state index >= 15 is 0 Å². The molecule has 0 rings (SSSR count). The second kappa shape index (κ2) is 20.8. The van der Waals surface area contributed by atoms with E-state index in [2.05, 4.69) is 55.9 Å². The molecular formula is C16H39N2O5P. The highest BCUT2D eigenvalue weighted by Crippen LogP contribution is 2.35. The van der Waals surface area contributed by atoms with Crippen molar-refractivity contribution in [1.82, 2.24) is 9.80 Å². The highest BCUT2D eigenvalue weighted by molar-refractivity contribution is 7.46. The fraction of sp³-hybridized carbons (Fsp3) is 0.875. The lowest BCUT2D eigenvalue weighted by atomic mass is 10.5. The molecule has 0 heterocycles. The zero-order valence-electron chi connectivity index (χ0n) is 16.3. The minimum atomic E-state index is -4.34. The molecule has 0 aliphatic rings. The van der Waals surface area contributed by atoms with Gasteiger partial charge in [0.15, 0.2) is 0 Å². The predicted octanol–water partition coefficient (Wildman–Crippen LogP) is 2.34. The van der Waals surface area contributed by atoms with Gasteiger partial charge in [-0.05, 0) is 39.3 Å². The minimum absolute atomic E-state index is 0.162. The molecule has 0 radical (unpaired) electrons. The SMILES string of the molecule is CCN(CC)CC.CCN(CC)CC.O=P(O)(O)OC/C=C/CO. The Morgan fingerprint density at radius 3 is 1.29 bits per heavy atom. The molecule has 0 amide bonds. The van der Waals surface area contributed by atoms with Crippen molar-refractivity contribution in [3.8, 4) is 0 Å². The number of nitrogens with zero attached hydrogens (tertiary/aromatic N) is 2. The van der Waals surface area contributed by atoms with Crippen LogP contribution in [0, 0.1) is 0 Å². The van der Waals surface area contributed by atoms with Gasteiger partial charge in [0.2, 0.25) is 0 Å². The third-order valence-electron chi connectivity index (χ3n) is 3.29. The van der Waals surface area contributed by atoms with Crippen LogP contribution < -0.4 is 0 Å². The maximum atomic E-state index is 9.97. The van der Waals surface area contributed by atoms with Crippen molar-refractivity contribution in [3.63, 3.8) is 0 Å². The van der Waals surface area contributed by atoms with Crippen LogP contribution in [0.4, 0.5) is 0 Å². The second-order valence-corrected chi connectivity index (χ2v) is 5.92. The Labute approximate surface area is 148 Å². The van der Waals surface area contributed by atoms with E-state index in [0.29, 0.717) is 0 Å². The predicted molar refractivity (Wildman–Crippen MR) is 101 cm³/mol. The summed E-state index contributed by atoms with van der Waals surface area (Å²) in [4.78, 5) is 21.0. The van der Waals surface area contributed by atoms with Crippen LogP contribution >= 0.6 is 7.82 Å². The van der Waals surface area contributed by atoms with Gasteiger partial charge in [-0.15, -0.1) is 0 Å². The Morgan fingerprint density at radius 1 is 0.792 bits per heavy atom. The van der Waals surface area contributed by atoms with Crippen LogP contribution in [-0.2, 0) is 9.09 Å². The van der Waals surface area contributed by atoms with Crippen LogP contribution in [0.3, 0.4) is 0 Å². The molecule has 8 heteroatoms. The van der Waals surface area contributed by atoms with Crippen LogP contribution in [0.25, 0.3) is 0 Å². The molecular weight excluding hydrogens is 331 g/mol. The number of hydrogen-bond donors (Lipinski definition) is 3. The largest absolute Gasteiger partial charge is 0.469 e. The molecule has 0 unspecified atom stereocenters. The van der Waals surface area contributed by atoms with E-state index in [-0.39, 0.29) is 13.2 Å². The fourth-order valence-corrected chi connectivity index (χ4v) is 1.90. The lowest BCUT2D eigenvalue weighted by Crippen LogP contribution is -2.21. The number of aliphatic hydroxyl groups is 1. The number of phosphoric acid groups is 1. The highest BCUT2D eigenvalue weighted by Gasteiger charge is 2.10. The zero-order chi connectivity index (χ0) is 19.4. The highest BCUT2D eigenvalue weighted by atomic mass is 31.2. The summed E-state index contributed by atoms with van der Waals surface area (Å²) in [5.74, 6) is 0. The summed E-state index contributed by atoms with van der Waals surface area (Å²) in [6.45, 7) is 19.9. The average molecular weight is 370 g/mol. The van der Waals surface area contributed by atoms with Crippen molar-refractivity contribution in [3.05, 3.63) is 12.2 Å². The van der Waals surface area contributed by atoms with Gasteiger partial charge in [-0.25, -0.2) is 4.57 Å². The van der Waals surface area contributed by atoms with Crippen LogP contribution in [-0.4, -0.2) is 77.2 Å². The van der Waals surface area contributed by atoms with E-state index < -0.39 is 7.82 Å². The van der Waals surface area contributed by atoms with Gasteiger partial charge in [0.05, 0.1) is 13.2 Å². The van der Waals surface area contributed by atoms with Gasteiger partial charge in [-0.2, -0.15) is 0 Å². The van der Waals surface area contributed by atoms with E-state index in [4.69, 9.17) is 14.9 Å². The van der Waals surface area contributed by atoms with Gasteiger partial charge in [0.1, 0.15) is 0 Å². The Balaban J connectivity index is -0.000000283. The Kier molecular flexibility index (Phi) is 24.7. The van der Waals surface area contributed by atoms with Crippen LogP contribution in [0.15, 0.2) is 12.2 Å². The summed E-state index contributed by atoms with van der Waals surface area (Å²) in [5.41, 5.74) is 0. The summed E-state index contributed by atoms with van der Waals surface area (Å²) in [5, 5.41) is 8.16. The van der Waals surface area contributed by atoms with Gasteiger partial charge < -0.3 is 24.7 Å². The standard InChI is InChI=1S/2C6H15N.C4H9O5P/c2*1-4-7(5-2)6-3;5-3-1-2-4-9-10(6,7)8/h2*4-6H2,1-3H3;1-2,5H,3-4H2,(H2,6,7,8)/b;;2-1+. The molecule has 7 nitrogen and oxygen atoms in total. The first kappa shape index (κ1) is 28.5. The lowest BCUT2D eigenvalue weighted by molar-refractivity contribution is 0.215. The third kappa shape index (κ3) is 26.6. The van der Waals surface area contributed by atoms with Gasteiger partial charge in [0.25, 0.3) is 0 Å². The topological polar surface area (TPSA) is 93.5 Å². The zero-order valence-corrected chi connectivity index (χ0v) is 17.2. The molecule has 0 aromatic heterocycles. The maximum Gasteiger partial charge on any atom is 0.469 e. The number of rotatable bonds is 10. The second-order valence-electron chi connectivity index (χ2n) is 4.68. The van der Waals surface area contributed by atoms with Crippen LogP contribution in [0.2, 0.25) is 0 Å². The quantitative estimate of drug-likeness (QED) is 0.401. The monoisotopic (exact) mass is 370 g/mol. The molecule has 0 saturated heterocycles. The van der Waals surface area contributed by atoms with E-state index in [0.717, 1.165) is 0 Å². The number of phosphoric ester groups is 1. The van der Waals surface area contributed by atoms with Crippen molar-refractivity contribution in [1.29, 1.82) is 0 Å². The number of hydrogen-bond acceptors (Lipinski definition) is 5. The van der Waals surface area contributed by atoms with E-state index in [1.54, 1.807) is 0 Å². The molecule has 0 atom stereocenters. The van der Waals surface area contributed by atoms with Gasteiger partial charge in [-0.1, -0.05) is 53.7 Å². The van der Waals surface area contributed by atoms with Crippen molar-refractivity contribution < 1.29 is 24.0 Å². The molecule has 0 bridgehead atoms. The molecule has 0 spiro atoms. The molecule has 24 heavy (non-hydrogen) atoms. The van der Waals surface area contributed by atoms with Crippen molar-refractivity contribution in [2.24, 2.45) is 0 Å². The lowest BCUT2D eigenvalue weighted by Gasteiger charge is -2.13. The van der Waals surface area contributed by atoms with E-state index in [9.17, 15) is 4.57 Å². The molecule has 148 valence electrons. The molecule has 0 fully saturated rings. The van der Waals surface area contributed by atoms with Crippen molar-refractivity contribution in [2.75, 3.05) is 52.5 Å². The van der Waals surface area contributed by atoms with Gasteiger partial charge in [0, 0.05) is 0 Å². The fourth-order valence-electron chi connectivity index (χ4n) is 1.62. The molecule has 0 saturated carbocycles. The summed E-state index contributed by atoms with van der Waals surface area (Å²) in [6, 6.07) is 0. The summed E-state index contributed by atoms with van der Waals surface area (Å²) in [7, 11) is -4.34. The Bertz CT molecular complexity index is 280. The molecule has 0 aliphatic heterocycles. The maximum absolute atomic E-state index is 9.97. The van der Waals surface area contributed by atoms with Crippen LogP contribution in [0.5, 0.6) is 0 Å². The summed E-state index contributed by atoms with van der Waals surface area (Å²) < 4.78 is 14.0. The summed E-state index contributed by atoms with van der Waals surface area (Å²) in [6.07, 6.45) is 2.65. The third-order valence-corrected chi connectivity index (χ3v) is 3.78. The van der Waals surface area contributed by atoms with Crippen LogP contribution in [0.1, 0.15) is 41.5 Å². The van der Waals surface area contributed by atoms with Crippen molar-refractivity contribution in [2.45, 2.75) is 41.5 Å². The van der Waals surface area contributed by atoms with Gasteiger partial charge >= 0.3 is 7.82 Å². The Morgan fingerprint density at radius 2 is 1.12 bits per heavy atom. The van der Waals surface area contributed by atoms with Crippen molar-refractivity contribution >= 4 is 7.82 Å². The smallest absolute Gasteiger partial charge is 0.392 e.